The molecule has 2 amide bonds. The molecule has 29 heavy (non-hydrogen) atoms. The van der Waals surface area contributed by atoms with Gasteiger partial charge in [0.15, 0.2) is 0 Å². The summed E-state index contributed by atoms with van der Waals surface area (Å²) in [5.74, 6) is -0.986. The Morgan fingerprint density at radius 2 is 1.31 bits per heavy atom. The Bertz CT molecular complexity index is 1080. The molecular weight excluding hydrogens is 364 g/mol. The topological polar surface area (TPSA) is 76.1 Å². The van der Waals surface area contributed by atoms with Gasteiger partial charge >= 0.3 is 0 Å². The highest BCUT2D eigenvalue weighted by atomic mass is 16.2. The predicted octanol–water partition coefficient (Wildman–Crippen LogP) is 4.03. The number of pyridine rings is 1. The van der Waals surface area contributed by atoms with Gasteiger partial charge in [0.2, 0.25) is 5.95 Å². The van der Waals surface area contributed by atoms with Crippen LogP contribution in [0.4, 0.5) is 5.95 Å². The summed E-state index contributed by atoms with van der Waals surface area (Å²) in [5.41, 5.74) is 2.06. The van der Waals surface area contributed by atoms with E-state index in [1.54, 1.807) is 85.2 Å². The maximum atomic E-state index is 13.2. The fraction of sp³-hybridized carbons (Fsp3) is 0. The van der Waals surface area contributed by atoms with Crippen molar-refractivity contribution in [3.8, 4) is 11.3 Å². The number of nitrogens with zero attached hydrogens (tertiary/aromatic N) is 4. The van der Waals surface area contributed by atoms with Gasteiger partial charge < -0.3 is 0 Å². The third-order valence-electron chi connectivity index (χ3n) is 4.25. The van der Waals surface area contributed by atoms with Crippen LogP contribution in [0.2, 0.25) is 0 Å². The highest BCUT2D eigenvalue weighted by Gasteiger charge is 2.28. The maximum Gasteiger partial charge on any atom is 0.267 e. The minimum absolute atomic E-state index is 0.00839. The summed E-state index contributed by atoms with van der Waals surface area (Å²) in [5, 5.41) is 0. The standard InChI is InChI=1S/C23H16N4O2/c28-21(17-8-3-1-4-9-17)27(22(29)18-10-5-2-6-11-18)23-25-15-13-20(26-23)19-12-7-14-24-16-19/h1-16H. The molecule has 0 radical (unpaired) electrons. The Morgan fingerprint density at radius 3 is 1.86 bits per heavy atom. The maximum absolute atomic E-state index is 13.2. The van der Waals surface area contributed by atoms with Crippen molar-refractivity contribution in [2.24, 2.45) is 0 Å². The highest BCUT2D eigenvalue weighted by Crippen LogP contribution is 2.21. The molecule has 4 rings (SSSR count). The Morgan fingerprint density at radius 1 is 0.690 bits per heavy atom. The lowest BCUT2D eigenvalue weighted by atomic mass is 10.1. The third kappa shape index (κ3) is 3.91. The first kappa shape index (κ1) is 18.2. The largest absolute Gasteiger partial charge is 0.268 e. The molecule has 0 bridgehead atoms. The van der Waals surface area contributed by atoms with Crippen LogP contribution in [-0.2, 0) is 0 Å². The summed E-state index contributed by atoms with van der Waals surface area (Å²) in [7, 11) is 0. The molecule has 0 atom stereocenters. The van der Waals surface area contributed by atoms with Gasteiger partial charge in [-0.15, -0.1) is 0 Å². The van der Waals surface area contributed by atoms with Crippen molar-refractivity contribution in [1.82, 2.24) is 15.0 Å². The summed E-state index contributed by atoms with van der Waals surface area (Å²) in [4.78, 5) is 40.2. The number of imide groups is 1. The molecule has 0 N–H and O–H groups in total. The number of hydrogen-bond donors (Lipinski definition) is 0. The Balaban J connectivity index is 1.81. The van der Waals surface area contributed by atoms with E-state index >= 15 is 0 Å². The minimum atomic E-state index is -0.497. The second-order valence-corrected chi connectivity index (χ2v) is 6.16. The van der Waals surface area contributed by atoms with Crippen molar-refractivity contribution in [3.05, 3.63) is 109 Å². The van der Waals surface area contributed by atoms with Gasteiger partial charge in [-0.2, -0.15) is 0 Å². The summed E-state index contributed by atoms with van der Waals surface area (Å²) in [6.45, 7) is 0. The van der Waals surface area contributed by atoms with E-state index in [0.29, 0.717) is 16.8 Å². The first-order chi connectivity index (χ1) is 14.2. The van der Waals surface area contributed by atoms with E-state index in [1.165, 1.54) is 6.20 Å². The molecule has 2 aromatic heterocycles. The molecule has 4 aromatic rings. The van der Waals surface area contributed by atoms with Gasteiger partial charge in [-0.05, 0) is 42.5 Å². The Labute approximate surface area is 167 Å². The van der Waals surface area contributed by atoms with Crippen LogP contribution < -0.4 is 4.90 Å². The molecule has 2 heterocycles. The van der Waals surface area contributed by atoms with Gasteiger partial charge in [0.25, 0.3) is 11.8 Å². The number of carbonyl (C=O) groups is 2. The molecule has 0 saturated carbocycles. The van der Waals surface area contributed by atoms with Crippen molar-refractivity contribution in [3.63, 3.8) is 0 Å². The lowest BCUT2D eigenvalue weighted by Crippen LogP contribution is -2.38. The quantitative estimate of drug-likeness (QED) is 0.500. The number of hydrogen-bond acceptors (Lipinski definition) is 5. The molecule has 6 nitrogen and oxygen atoms in total. The predicted molar refractivity (Wildman–Crippen MR) is 109 cm³/mol. The second kappa shape index (κ2) is 8.22. The van der Waals surface area contributed by atoms with E-state index in [4.69, 9.17) is 0 Å². The zero-order valence-electron chi connectivity index (χ0n) is 15.3. The monoisotopic (exact) mass is 380 g/mol. The molecular formula is C23H16N4O2. The lowest BCUT2D eigenvalue weighted by molar-refractivity contribution is 0.0895. The summed E-state index contributed by atoms with van der Waals surface area (Å²) in [6.07, 6.45) is 4.85. The lowest BCUT2D eigenvalue weighted by Gasteiger charge is -2.19. The Kier molecular flexibility index (Phi) is 5.16. The van der Waals surface area contributed by atoms with Crippen LogP contribution in [0, 0.1) is 0 Å². The van der Waals surface area contributed by atoms with Crippen LogP contribution in [0.25, 0.3) is 11.3 Å². The van der Waals surface area contributed by atoms with Gasteiger partial charge in [0.1, 0.15) is 0 Å². The van der Waals surface area contributed by atoms with Crippen LogP contribution in [0.1, 0.15) is 20.7 Å². The molecule has 140 valence electrons. The Hall–Kier alpha value is -4.19. The van der Waals surface area contributed by atoms with Crippen LogP contribution in [0.3, 0.4) is 0 Å². The minimum Gasteiger partial charge on any atom is -0.268 e. The fourth-order valence-corrected chi connectivity index (χ4v) is 2.82. The SMILES string of the molecule is O=C(c1ccccc1)N(C(=O)c1ccccc1)c1nccc(-c2cccnc2)n1. The molecule has 0 aliphatic heterocycles. The zero-order valence-corrected chi connectivity index (χ0v) is 15.3. The molecule has 2 aromatic carbocycles. The first-order valence-corrected chi connectivity index (χ1v) is 8.96. The molecule has 0 fully saturated rings. The highest BCUT2D eigenvalue weighted by molar-refractivity contribution is 6.24. The van der Waals surface area contributed by atoms with Crippen molar-refractivity contribution in [2.75, 3.05) is 4.90 Å². The smallest absolute Gasteiger partial charge is 0.267 e. The molecule has 6 heteroatoms. The van der Waals surface area contributed by atoms with E-state index in [0.717, 1.165) is 10.5 Å². The number of rotatable bonds is 4. The number of anilines is 1. The van der Waals surface area contributed by atoms with Crippen molar-refractivity contribution in [1.29, 1.82) is 0 Å². The van der Waals surface area contributed by atoms with E-state index in [1.807, 2.05) is 6.07 Å². The second-order valence-electron chi connectivity index (χ2n) is 6.16. The third-order valence-corrected chi connectivity index (χ3v) is 4.25. The van der Waals surface area contributed by atoms with Crippen LogP contribution in [-0.4, -0.2) is 26.8 Å². The fourth-order valence-electron chi connectivity index (χ4n) is 2.82. The van der Waals surface area contributed by atoms with Gasteiger partial charge in [-0.1, -0.05) is 36.4 Å². The van der Waals surface area contributed by atoms with Crippen LogP contribution >= 0.6 is 0 Å². The van der Waals surface area contributed by atoms with Gasteiger partial charge in [-0.3, -0.25) is 14.6 Å². The van der Waals surface area contributed by atoms with Gasteiger partial charge in [-0.25, -0.2) is 14.9 Å². The number of carbonyl (C=O) groups excluding carboxylic acids is 2. The van der Waals surface area contributed by atoms with E-state index in [9.17, 15) is 9.59 Å². The molecule has 0 aliphatic rings. The molecule has 0 aliphatic carbocycles. The summed E-state index contributed by atoms with van der Waals surface area (Å²) >= 11 is 0. The van der Waals surface area contributed by atoms with E-state index in [-0.39, 0.29) is 5.95 Å². The number of amides is 2. The average Bonchev–Trinajstić information content (AvgIpc) is 2.81. The summed E-state index contributed by atoms with van der Waals surface area (Å²) in [6, 6.07) is 22.5. The molecule has 0 unspecified atom stereocenters. The normalized spacial score (nSPS) is 10.3. The van der Waals surface area contributed by atoms with Crippen molar-refractivity contribution < 1.29 is 9.59 Å². The van der Waals surface area contributed by atoms with Crippen molar-refractivity contribution >= 4 is 17.8 Å². The van der Waals surface area contributed by atoms with Crippen LogP contribution in [0.5, 0.6) is 0 Å². The zero-order chi connectivity index (χ0) is 20.1. The summed E-state index contributed by atoms with van der Waals surface area (Å²) < 4.78 is 0. The number of benzene rings is 2. The number of aromatic nitrogens is 3. The van der Waals surface area contributed by atoms with E-state index < -0.39 is 11.8 Å². The van der Waals surface area contributed by atoms with Crippen molar-refractivity contribution in [2.45, 2.75) is 0 Å². The van der Waals surface area contributed by atoms with Gasteiger partial charge in [0, 0.05) is 35.3 Å². The molecule has 0 spiro atoms. The first-order valence-electron chi connectivity index (χ1n) is 8.96. The van der Waals surface area contributed by atoms with Crippen LogP contribution in [0.15, 0.2) is 97.5 Å². The molecule has 0 saturated heterocycles. The van der Waals surface area contributed by atoms with E-state index in [2.05, 4.69) is 15.0 Å². The van der Waals surface area contributed by atoms with Gasteiger partial charge in [0.05, 0.1) is 5.69 Å². The average molecular weight is 380 g/mol.